The number of unbranched alkanes of at least 4 members (excludes halogenated alkanes) is 22. The van der Waals surface area contributed by atoms with Crippen LogP contribution >= 0.6 is 20.2 Å². The van der Waals surface area contributed by atoms with Crippen molar-refractivity contribution in [3.05, 3.63) is 0 Å². The van der Waals surface area contributed by atoms with Gasteiger partial charge in [0.05, 0.1) is 0 Å². The predicted molar refractivity (Wildman–Crippen MR) is 137 cm³/mol. The van der Waals surface area contributed by atoms with Crippen LogP contribution < -0.4 is 0 Å². The van der Waals surface area contributed by atoms with Gasteiger partial charge in [-0.3, -0.25) is 4.57 Å². The quantitative estimate of drug-likeness (QED) is 0.0717. The molecule has 30 heavy (non-hydrogen) atoms. The molecule has 3 nitrogen and oxygen atoms in total. The van der Waals surface area contributed by atoms with Gasteiger partial charge in [-0.2, -0.15) is 12.6 Å². The van der Waals surface area contributed by atoms with Gasteiger partial charge >= 0.3 is 7.60 Å². The third-order valence-corrected chi connectivity index (χ3v) is 7.32. The summed E-state index contributed by atoms with van der Waals surface area (Å²) in [5.41, 5.74) is 0. The second-order valence-corrected chi connectivity index (χ2v) is 11.5. The van der Waals surface area contributed by atoms with Crippen LogP contribution in [-0.4, -0.2) is 21.7 Å². The molecule has 0 atom stereocenters. The smallest absolute Gasteiger partial charge is 0.324 e. The number of hydrogen-bond donors (Lipinski definition) is 3. The molecule has 0 radical (unpaired) electrons. The predicted octanol–water partition coefficient (Wildman–Crippen LogP) is 9.07. The highest BCUT2D eigenvalue weighted by Gasteiger charge is 2.10. The van der Waals surface area contributed by atoms with E-state index in [1.54, 1.807) is 0 Å². The van der Waals surface area contributed by atoms with Crippen LogP contribution in [0.1, 0.15) is 148 Å². The Bertz CT molecular complexity index is 373. The summed E-state index contributed by atoms with van der Waals surface area (Å²) in [4.78, 5) is 17.6. The maximum atomic E-state index is 10.7. The van der Waals surface area contributed by atoms with Gasteiger partial charge in [0, 0.05) is 6.16 Å². The minimum Gasteiger partial charge on any atom is -0.324 e. The van der Waals surface area contributed by atoms with Gasteiger partial charge in [-0.25, -0.2) is 0 Å². The molecule has 0 aliphatic heterocycles. The number of thiol groups is 1. The second-order valence-electron chi connectivity index (χ2n) is 9.24. The summed E-state index contributed by atoms with van der Waals surface area (Å²) < 4.78 is 10.7. The van der Waals surface area contributed by atoms with E-state index < -0.39 is 7.60 Å². The lowest BCUT2D eigenvalue weighted by Gasteiger charge is -2.05. The molecule has 0 aliphatic rings. The van der Waals surface area contributed by atoms with Gasteiger partial charge in [0.15, 0.2) is 0 Å². The summed E-state index contributed by atoms with van der Waals surface area (Å²) in [6.07, 6.45) is 30.6. The van der Waals surface area contributed by atoms with E-state index >= 15 is 0 Å². The summed E-state index contributed by atoms with van der Waals surface area (Å²) in [7, 11) is -3.77. The van der Waals surface area contributed by atoms with Crippen molar-refractivity contribution in [3.63, 3.8) is 0 Å². The molecule has 0 saturated carbocycles. The van der Waals surface area contributed by atoms with Crippen LogP contribution in [0.4, 0.5) is 0 Å². The Morgan fingerprint density at radius 1 is 0.400 bits per heavy atom. The molecule has 0 fully saturated rings. The lowest BCUT2D eigenvalue weighted by atomic mass is 10.0. The molecule has 0 spiro atoms. The van der Waals surface area contributed by atoms with Crippen molar-refractivity contribution in [2.75, 3.05) is 11.9 Å². The fourth-order valence-corrected chi connectivity index (χ4v) is 5.00. The van der Waals surface area contributed by atoms with E-state index in [1.807, 2.05) is 0 Å². The third kappa shape index (κ3) is 28.5. The fraction of sp³-hybridized carbons (Fsp3) is 1.00. The highest BCUT2D eigenvalue weighted by molar-refractivity contribution is 7.80. The Labute approximate surface area is 194 Å². The minimum atomic E-state index is -3.77. The Morgan fingerprint density at radius 3 is 0.800 bits per heavy atom. The molecular weight excluding hydrogens is 411 g/mol. The normalized spacial score (nSPS) is 12.0. The molecule has 0 aliphatic carbocycles. The Morgan fingerprint density at radius 2 is 0.600 bits per heavy atom. The highest BCUT2D eigenvalue weighted by atomic mass is 32.1. The van der Waals surface area contributed by atoms with Gasteiger partial charge in [0.1, 0.15) is 0 Å². The summed E-state index contributed by atoms with van der Waals surface area (Å²) in [5, 5.41) is 0. The first-order valence-electron chi connectivity index (χ1n) is 13.2. The van der Waals surface area contributed by atoms with Crippen molar-refractivity contribution in [3.8, 4) is 0 Å². The summed E-state index contributed by atoms with van der Waals surface area (Å²) in [6, 6.07) is 0. The van der Waals surface area contributed by atoms with E-state index in [-0.39, 0.29) is 6.16 Å². The van der Waals surface area contributed by atoms with Crippen molar-refractivity contribution in [1.29, 1.82) is 0 Å². The molecule has 0 heterocycles. The zero-order valence-electron chi connectivity index (χ0n) is 19.9. The van der Waals surface area contributed by atoms with Crippen LogP contribution in [0.25, 0.3) is 0 Å². The first-order chi connectivity index (χ1) is 14.6. The molecular formula is C25H53O3PS. The fourth-order valence-electron chi connectivity index (χ4n) is 4.14. The Kier molecular flexibility index (Phi) is 24.6. The lowest BCUT2D eigenvalue weighted by molar-refractivity contribution is 0.370. The average molecular weight is 465 g/mol. The van der Waals surface area contributed by atoms with Gasteiger partial charge in [-0.15, -0.1) is 0 Å². The number of hydrogen-bond acceptors (Lipinski definition) is 2. The average Bonchev–Trinajstić information content (AvgIpc) is 2.70. The first kappa shape index (κ1) is 30.5. The monoisotopic (exact) mass is 464 g/mol. The molecule has 2 N–H and O–H groups in total. The maximum Gasteiger partial charge on any atom is 0.325 e. The van der Waals surface area contributed by atoms with Crippen LogP contribution in [0.15, 0.2) is 0 Å². The van der Waals surface area contributed by atoms with E-state index in [0.717, 1.165) is 18.6 Å². The van der Waals surface area contributed by atoms with Crippen LogP contribution in [0.3, 0.4) is 0 Å². The lowest BCUT2D eigenvalue weighted by Crippen LogP contribution is -1.88. The van der Waals surface area contributed by atoms with Crippen LogP contribution in [0.5, 0.6) is 0 Å². The van der Waals surface area contributed by atoms with E-state index in [9.17, 15) is 4.57 Å². The van der Waals surface area contributed by atoms with Gasteiger partial charge in [0.25, 0.3) is 0 Å². The SMILES string of the molecule is O=P(O)(O)CCCCCCCCCCCCCCCCCCCCCCCCCS. The number of rotatable bonds is 25. The molecule has 0 aromatic carbocycles. The van der Waals surface area contributed by atoms with Crippen molar-refractivity contribution in [1.82, 2.24) is 0 Å². The maximum absolute atomic E-state index is 10.7. The van der Waals surface area contributed by atoms with Crippen molar-refractivity contribution in [2.24, 2.45) is 0 Å². The molecule has 182 valence electrons. The largest absolute Gasteiger partial charge is 0.325 e. The highest BCUT2D eigenvalue weighted by Crippen LogP contribution is 2.35. The van der Waals surface area contributed by atoms with Gasteiger partial charge in [0.2, 0.25) is 0 Å². The summed E-state index contributed by atoms with van der Waals surface area (Å²) in [6.45, 7) is 0. The van der Waals surface area contributed by atoms with E-state index in [1.165, 1.54) is 128 Å². The van der Waals surface area contributed by atoms with Crippen LogP contribution in [0.2, 0.25) is 0 Å². The molecule has 0 bridgehead atoms. The first-order valence-corrected chi connectivity index (χ1v) is 15.6. The molecule has 0 saturated heterocycles. The summed E-state index contributed by atoms with van der Waals surface area (Å²) >= 11 is 4.26. The van der Waals surface area contributed by atoms with E-state index in [2.05, 4.69) is 12.6 Å². The topological polar surface area (TPSA) is 57.5 Å². The standard InChI is InChI=1S/C25H53O3PS/c26-29(27,28)24-22-20-18-16-14-12-10-8-6-4-2-1-3-5-7-9-11-13-15-17-19-21-23-25-30/h30H,1-25H2,(H2,26,27,28). The third-order valence-electron chi connectivity index (χ3n) is 6.11. The molecule has 0 rings (SSSR count). The Balaban J connectivity index is 3.03. The summed E-state index contributed by atoms with van der Waals surface area (Å²) in [5.74, 6) is 1.05. The minimum absolute atomic E-state index is 0.0600. The van der Waals surface area contributed by atoms with E-state index in [0.29, 0.717) is 6.42 Å². The van der Waals surface area contributed by atoms with Crippen LogP contribution in [0, 0.1) is 0 Å². The van der Waals surface area contributed by atoms with Crippen molar-refractivity contribution >= 4 is 20.2 Å². The molecule has 0 amide bonds. The van der Waals surface area contributed by atoms with Crippen molar-refractivity contribution < 1.29 is 14.4 Å². The van der Waals surface area contributed by atoms with Gasteiger partial charge in [-0.1, -0.05) is 135 Å². The van der Waals surface area contributed by atoms with Crippen molar-refractivity contribution in [2.45, 2.75) is 148 Å². The zero-order valence-corrected chi connectivity index (χ0v) is 21.7. The zero-order chi connectivity index (χ0) is 22.2. The van der Waals surface area contributed by atoms with Gasteiger partial charge in [-0.05, 0) is 18.6 Å². The molecule has 0 aromatic rings. The van der Waals surface area contributed by atoms with Gasteiger partial charge < -0.3 is 9.79 Å². The molecule has 5 heteroatoms. The van der Waals surface area contributed by atoms with Crippen LogP contribution in [-0.2, 0) is 4.57 Å². The Hall–Kier alpha value is 0.500. The second kappa shape index (κ2) is 24.1. The molecule has 0 unspecified atom stereocenters. The molecule has 0 aromatic heterocycles. The van der Waals surface area contributed by atoms with E-state index in [4.69, 9.17) is 9.79 Å².